The molecule has 0 aromatic heterocycles. The van der Waals surface area contributed by atoms with Crippen LogP contribution in [-0.4, -0.2) is 30.1 Å². The lowest BCUT2D eigenvalue weighted by Crippen LogP contribution is -2.46. The van der Waals surface area contributed by atoms with E-state index in [0.717, 1.165) is 19.3 Å². The minimum absolute atomic E-state index is 0.0660. The number of allylic oxidation sites excluding steroid dienone is 2. The van der Waals surface area contributed by atoms with E-state index < -0.39 is 5.79 Å². The molecule has 4 aliphatic rings. The van der Waals surface area contributed by atoms with Gasteiger partial charge >= 0.3 is 0 Å². The summed E-state index contributed by atoms with van der Waals surface area (Å²) in [5, 5.41) is 0. The summed E-state index contributed by atoms with van der Waals surface area (Å²) >= 11 is 0. The van der Waals surface area contributed by atoms with Gasteiger partial charge in [-0.2, -0.15) is 0 Å². The summed E-state index contributed by atoms with van der Waals surface area (Å²) in [6, 6.07) is 0. The number of hydrogen-bond donors (Lipinski definition) is 0. The van der Waals surface area contributed by atoms with Crippen molar-refractivity contribution in [1.82, 2.24) is 0 Å². The molecule has 0 amide bonds. The first-order chi connectivity index (χ1) is 9.05. The molecule has 0 unspecified atom stereocenters. The number of fused-ring (bicyclic) bond motifs is 5. The average molecular weight is 264 g/mol. The molecule has 0 radical (unpaired) electrons. The molecule has 3 fully saturated rings. The first-order valence-corrected chi connectivity index (χ1v) is 7.27. The van der Waals surface area contributed by atoms with Gasteiger partial charge in [0.15, 0.2) is 17.9 Å². The molecule has 6 atom stereocenters. The first kappa shape index (κ1) is 12.1. The summed E-state index contributed by atoms with van der Waals surface area (Å²) in [4.78, 5) is 12.3. The zero-order valence-electron chi connectivity index (χ0n) is 11.4. The molecular formula is C15H20O4. The lowest BCUT2D eigenvalue weighted by molar-refractivity contribution is -0.217. The molecule has 0 spiro atoms. The van der Waals surface area contributed by atoms with Crippen molar-refractivity contribution in [3.8, 4) is 0 Å². The van der Waals surface area contributed by atoms with Gasteiger partial charge < -0.3 is 14.2 Å². The van der Waals surface area contributed by atoms with Crippen molar-refractivity contribution >= 4 is 5.78 Å². The maximum atomic E-state index is 12.3. The summed E-state index contributed by atoms with van der Waals surface area (Å²) < 4.78 is 17.8. The minimum Gasteiger partial charge on any atom is -0.346 e. The lowest BCUT2D eigenvalue weighted by Gasteiger charge is -2.41. The fourth-order valence-electron chi connectivity index (χ4n) is 4.32. The molecule has 2 aliphatic heterocycles. The van der Waals surface area contributed by atoms with Crippen LogP contribution in [0.2, 0.25) is 0 Å². The van der Waals surface area contributed by atoms with E-state index in [1.165, 1.54) is 0 Å². The SMILES string of the molecule is CC1(C)O[C@H]2O[C@@H]3CC[C@@H]4CC=CC(=O)[C@@H]4[C@H]3[C@H]2O1. The van der Waals surface area contributed by atoms with Gasteiger partial charge in [-0.3, -0.25) is 4.79 Å². The summed E-state index contributed by atoms with van der Waals surface area (Å²) in [7, 11) is 0. The topological polar surface area (TPSA) is 44.8 Å². The molecule has 0 bridgehead atoms. The predicted molar refractivity (Wildman–Crippen MR) is 67.2 cm³/mol. The number of rotatable bonds is 0. The maximum absolute atomic E-state index is 12.3. The van der Waals surface area contributed by atoms with E-state index in [1.54, 1.807) is 6.08 Å². The van der Waals surface area contributed by atoms with Crippen LogP contribution in [-0.2, 0) is 19.0 Å². The third kappa shape index (κ3) is 1.73. The molecular weight excluding hydrogens is 244 g/mol. The standard InChI is InChI=1S/C15H20O4/c1-15(2)18-13-12-10(17-14(13)19-15)7-6-8-4-3-5-9(16)11(8)12/h3,5,8,10-14H,4,6-7H2,1-2H3/t8-,10+,11+,12-,13+,14+/m0/s1. The Morgan fingerprint density at radius 2 is 2.11 bits per heavy atom. The van der Waals surface area contributed by atoms with Gasteiger partial charge in [0, 0.05) is 11.8 Å². The third-order valence-electron chi connectivity index (χ3n) is 5.00. The molecule has 0 N–H and O–H groups in total. The van der Waals surface area contributed by atoms with Crippen molar-refractivity contribution in [3.05, 3.63) is 12.2 Å². The van der Waals surface area contributed by atoms with Gasteiger partial charge in [-0.1, -0.05) is 6.08 Å². The monoisotopic (exact) mass is 264 g/mol. The molecule has 4 rings (SSSR count). The molecule has 4 heteroatoms. The van der Waals surface area contributed by atoms with Crippen LogP contribution in [0.5, 0.6) is 0 Å². The number of carbonyl (C=O) groups is 1. The van der Waals surface area contributed by atoms with Crippen molar-refractivity contribution in [2.24, 2.45) is 17.8 Å². The Labute approximate surface area is 113 Å². The Morgan fingerprint density at radius 1 is 1.26 bits per heavy atom. The van der Waals surface area contributed by atoms with Crippen LogP contribution in [0.15, 0.2) is 12.2 Å². The highest BCUT2D eigenvalue weighted by molar-refractivity contribution is 5.93. The predicted octanol–water partition coefficient (Wildman–Crippen LogP) is 2.03. The number of hydrogen-bond acceptors (Lipinski definition) is 4. The Balaban J connectivity index is 1.66. The minimum atomic E-state index is -0.596. The van der Waals surface area contributed by atoms with Gasteiger partial charge in [-0.15, -0.1) is 0 Å². The van der Waals surface area contributed by atoms with Crippen LogP contribution < -0.4 is 0 Å². The second-order valence-electron chi connectivity index (χ2n) is 6.62. The molecule has 2 saturated heterocycles. The highest BCUT2D eigenvalue weighted by Gasteiger charge is 2.60. The fourth-order valence-corrected chi connectivity index (χ4v) is 4.32. The Kier molecular flexibility index (Phi) is 2.48. The molecule has 4 nitrogen and oxygen atoms in total. The van der Waals surface area contributed by atoms with Crippen molar-refractivity contribution in [3.63, 3.8) is 0 Å². The summed E-state index contributed by atoms with van der Waals surface area (Å²) in [6.07, 6.45) is 6.64. The Bertz CT molecular complexity index is 441. The number of ketones is 1. The van der Waals surface area contributed by atoms with Crippen molar-refractivity contribution < 1.29 is 19.0 Å². The van der Waals surface area contributed by atoms with E-state index in [9.17, 15) is 4.79 Å². The smallest absolute Gasteiger partial charge is 0.187 e. The molecule has 19 heavy (non-hydrogen) atoms. The van der Waals surface area contributed by atoms with E-state index in [4.69, 9.17) is 14.2 Å². The fraction of sp³-hybridized carbons (Fsp3) is 0.800. The second kappa shape index (κ2) is 3.90. The maximum Gasteiger partial charge on any atom is 0.187 e. The van der Waals surface area contributed by atoms with Gasteiger partial charge in [-0.05, 0) is 45.1 Å². The molecule has 0 aromatic rings. The molecule has 104 valence electrons. The van der Waals surface area contributed by atoms with Crippen LogP contribution in [0.25, 0.3) is 0 Å². The molecule has 0 aromatic carbocycles. The summed E-state index contributed by atoms with van der Waals surface area (Å²) in [6.45, 7) is 3.82. The Hall–Kier alpha value is -0.710. The highest BCUT2D eigenvalue weighted by Crippen LogP contribution is 2.51. The van der Waals surface area contributed by atoms with Crippen molar-refractivity contribution in [1.29, 1.82) is 0 Å². The molecule has 1 saturated carbocycles. The number of carbonyl (C=O) groups excluding carboxylic acids is 1. The lowest BCUT2D eigenvalue weighted by atomic mass is 9.64. The van der Waals surface area contributed by atoms with Gasteiger partial charge in [-0.25, -0.2) is 0 Å². The second-order valence-corrected chi connectivity index (χ2v) is 6.62. The van der Waals surface area contributed by atoms with E-state index in [1.807, 2.05) is 19.9 Å². The van der Waals surface area contributed by atoms with E-state index in [0.29, 0.717) is 5.92 Å². The molecule has 2 heterocycles. The third-order valence-corrected chi connectivity index (χ3v) is 5.00. The molecule has 2 aliphatic carbocycles. The van der Waals surface area contributed by atoms with Crippen LogP contribution in [0.3, 0.4) is 0 Å². The van der Waals surface area contributed by atoms with Gasteiger partial charge in [0.1, 0.15) is 6.10 Å². The Morgan fingerprint density at radius 3 is 2.95 bits per heavy atom. The quantitative estimate of drug-likeness (QED) is 0.671. The van der Waals surface area contributed by atoms with Crippen LogP contribution in [0, 0.1) is 17.8 Å². The first-order valence-electron chi connectivity index (χ1n) is 7.27. The van der Waals surface area contributed by atoms with E-state index in [-0.39, 0.29) is 36.1 Å². The van der Waals surface area contributed by atoms with Crippen LogP contribution >= 0.6 is 0 Å². The van der Waals surface area contributed by atoms with Gasteiger partial charge in [0.25, 0.3) is 0 Å². The largest absolute Gasteiger partial charge is 0.346 e. The zero-order chi connectivity index (χ0) is 13.2. The van der Waals surface area contributed by atoms with E-state index >= 15 is 0 Å². The zero-order valence-corrected chi connectivity index (χ0v) is 11.4. The van der Waals surface area contributed by atoms with Crippen molar-refractivity contribution in [2.45, 2.75) is 57.4 Å². The number of ether oxygens (including phenoxy) is 3. The van der Waals surface area contributed by atoms with Gasteiger partial charge in [0.2, 0.25) is 0 Å². The highest BCUT2D eigenvalue weighted by atomic mass is 16.8. The normalized spacial score (nSPS) is 50.7. The van der Waals surface area contributed by atoms with Crippen LogP contribution in [0.4, 0.5) is 0 Å². The van der Waals surface area contributed by atoms with Gasteiger partial charge in [0.05, 0.1) is 6.10 Å². The summed E-state index contributed by atoms with van der Waals surface area (Å²) in [5.41, 5.74) is 0. The average Bonchev–Trinajstić information content (AvgIpc) is 2.81. The van der Waals surface area contributed by atoms with Crippen LogP contribution in [0.1, 0.15) is 33.1 Å². The van der Waals surface area contributed by atoms with E-state index in [2.05, 4.69) is 0 Å². The van der Waals surface area contributed by atoms with Crippen molar-refractivity contribution in [2.75, 3.05) is 0 Å². The summed E-state index contributed by atoms with van der Waals surface area (Å²) in [5.74, 6) is 0.358.